The number of fused-ring (bicyclic) bond motifs is 6. The minimum Gasteiger partial charge on any atom is -0.341 e. The van der Waals surface area contributed by atoms with E-state index < -0.39 is 0 Å². The summed E-state index contributed by atoms with van der Waals surface area (Å²) in [5.41, 5.74) is 10.1. The molecule has 4 nitrogen and oxygen atoms in total. The number of nitrogens with two attached hydrogens (primary N) is 1. The maximum Gasteiger partial charge on any atom is 0.169 e. The van der Waals surface area contributed by atoms with Gasteiger partial charge in [0.2, 0.25) is 0 Å². The van der Waals surface area contributed by atoms with Gasteiger partial charge in [-0.1, -0.05) is 107 Å². The minimum atomic E-state index is 0.972. The van der Waals surface area contributed by atoms with Crippen molar-refractivity contribution >= 4 is 83.4 Å². The maximum absolute atomic E-state index is 2.40. The summed E-state index contributed by atoms with van der Waals surface area (Å²) in [6, 6.07) is 35.5. The van der Waals surface area contributed by atoms with Gasteiger partial charge >= 0.3 is 0 Å². The Bertz CT molecular complexity index is 2440. The Hall–Kier alpha value is -4.75. The van der Waals surface area contributed by atoms with Crippen molar-refractivity contribution in [3.63, 3.8) is 0 Å². The average Bonchev–Trinajstić information content (AvgIpc) is 3.70. The van der Waals surface area contributed by atoms with E-state index in [9.17, 15) is 0 Å². The highest BCUT2D eigenvalue weighted by Gasteiger charge is 2.10. The Morgan fingerprint density at radius 1 is 0.604 bits per heavy atom. The summed E-state index contributed by atoms with van der Waals surface area (Å²) in [5.74, 6) is 2.20. The second kappa shape index (κ2) is 17.8. The predicted molar refractivity (Wildman–Crippen MR) is 234 cm³/mol. The molecule has 6 heteroatoms. The molecule has 0 fully saturated rings. The third kappa shape index (κ3) is 8.57. The molecule has 0 amide bonds. The number of rotatable bonds is 16. The van der Waals surface area contributed by atoms with Gasteiger partial charge in [-0.05, 0) is 85.0 Å². The van der Waals surface area contributed by atoms with Gasteiger partial charge in [0.25, 0.3) is 0 Å². The quantitative estimate of drug-likeness (QED) is 0.0464. The van der Waals surface area contributed by atoms with E-state index in [0.717, 1.165) is 44.1 Å². The van der Waals surface area contributed by atoms with Crippen LogP contribution in [0, 0.1) is 0 Å². The first kappa shape index (κ1) is 36.6. The third-order valence-corrected chi connectivity index (χ3v) is 12.2. The molecule has 7 rings (SSSR count). The second-order valence-electron chi connectivity index (χ2n) is 13.3. The van der Waals surface area contributed by atoms with E-state index in [1.165, 1.54) is 65.9 Å². The van der Waals surface area contributed by atoms with E-state index in [1.807, 2.05) is 21.6 Å². The number of aromatic nitrogens is 3. The smallest absolute Gasteiger partial charge is 0.169 e. The normalized spacial score (nSPS) is 12.7. The molecule has 268 valence electrons. The van der Waals surface area contributed by atoms with Crippen LogP contribution in [0.25, 0.3) is 61.8 Å². The number of hydrogen-bond acceptors (Lipinski definition) is 2. The van der Waals surface area contributed by atoms with Gasteiger partial charge in [0.1, 0.15) is 0 Å². The Balaban J connectivity index is 0.832. The molecule has 0 aliphatic heterocycles. The molecule has 0 aliphatic rings. The Morgan fingerprint density at radius 3 is 1.79 bits per heavy atom. The van der Waals surface area contributed by atoms with Crippen molar-refractivity contribution in [1.29, 1.82) is 0 Å². The van der Waals surface area contributed by atoms with E-state index in [4.69, 9.17) is 0 Å². The standard InChI is InChI=1S/C47H49N4S2/c1-4-11-36(16-18-38-20-22-46-42(34-38)40-12-7-9-14-44(40)50(46)5-2)24-27-48-28-32-52-53-33-31-49-29-25-37(26-30-49)17-19-39-21-23-47-43(35-39)41-13-8-10-15-45(41)51(47)6-3/h7-27,29-30,34-35,48H,4-6,28,31-33H2,1-3H3/q+1/p+1/b18-16+,27-24-,36-11-. The molecule has 7 aromatic rings. The first-order valence-corrected chi connectivity index (χ1v) is 21.5. The van der Waals surface area contributed by atoms with Crippen LogP contribution < -0.4 is 9.88 Å². The van der Waals surface area contributed by atoms with Crippen LogP contribution in [0.2, 0.25) is 0 Å². The van der Waals surface area contributed by atoms with Crippen molar-refractivity contribution in [3.05, 3.63) is 156 Å². The summed E-state index contributed by atoms with van der Waals surface area (Å²) < 4.78 is 7.09. The van der Waals surface area contributed by atoms with Crippen LogP contribution in [0.5, 0.6) is 0 Å². The highest BCUT2D eigenvalue weighted by molar-refractivity contribution is 8.76. The van der Waals surface area contributed by atoms with Gasteiger partial charge in [-0.15, -0.1) is 0 Å². The number of para-hydroxylation sites is 2. The minimum absolute atomic E-state index is 0.972. The molecule has 3 aromatic heterocycles. The first-order valence-electron chi connectivity index (χ1n) is 19.0. The van der Waals surface area contributed by atoms with Gasteiger partial charge in [0.15, 0.2) is 18.9 Å². The summed E-state index contributed by atoms with van der Waals surface area (Å²) >= 11 is 0. The van der Waals surface area contributed by atoms with Crippen molar-refractivity contribution < 1.29 is 9.88 Å². The van der Waals surface area contributed by atoms with Crippen LogP contribution in [0.1, 0.15) is 43.9 Å². The lowest BCUT2D eigenvalue weighted by molar-refractivity contribution is -0.692. The lowest BCUT2D eigenvalue weighted by Gasteiger charge is -2.03. The van der Waals surface area contributed by atoms with E-state index in [0.29, 0.717) is 0 Å². The van der Waals surface area contributed by atoms with Gasteiger partial charge in [0.05, 0.1) is 24.3 Å². The molecular formula is C47H50N4S2+2. The fourth-order valence-corrected chi connectivity index (χ4v) is 9.20. The first-order chi connectivity index (χ1) is 26.2. The highest BCUT2D eigenvalue weighted by atomic mass is 33.1. The fourth-order valence-electron chi connectivity index (χ4n) is 7.22. The van der Waals surface area contributed by atoms with E-state index >= 15 is 0 Å². The zero-order chi connectivity index (χ0) is 36.4. The molecular weight excluding hydrogens is 685 g/mol. The Kier molecular flexibility index (Phi) is 12.3. The molecule has 0 radical (unpaired) electrons. The van der Waals surface area contributed by atoms with Crippen LogP contribution in [-0.2, 0) is 19.6 Å². The molecule has 0 atom stereocenters. The third-order valence-electron chi connectivity index (χ3n) is 9.83. The molecule has 3 heterocycles. The molecule has 0 aliphatic carbocycles. The number of allylic oxidation sites excluding steroid dienone is 4. The fraction of sp³-hybridized carbons (Fsp3) is 0.213. The number of pyridine rings is 1. The van der Waals surface area contributed by atoms with Crippen LogP contribution in [0.4, 0.5) is 0 Å². The Morgan fingerprint density at radius 2 is 1.17 bits per heavy atom. The summed E-state index contributed by atoms with van der Waals surface area (Å²) in [6.45, 7) is 10.7. The molecule has 4 aromatic carbocycles. The summed E-state index contributed by atoms with van der Waals surface area (Å²) in [5, 5.41) is 7.59. The SMILES string of the molecule is CC/C=C(\C=C/[NH2+]CCSSCC[n+]1ccc(/C=C/c2ccc3c(c2)c2ccccc2n3CC)cc1)/C=C/c1ccc2c(c1)c1ccccc1n2CC. The zero-order valence-electron chi connectivity index (χ0n) is 31.1. The second-order valence-corrected chi connectivity index (χ2v) is 16.0. The van der Waals surface area contributed by atoms with Crippen molar-refractivity contribution in [3.8, 4) is 0 Å². The van der Waals surface area contributed by atoms with Crippen LogP contribution in [0.3, 0.4) is 0 Å². The van der Waals surface area contributed by atoms with E-state index in [-0.39, 0.29) is 0 Å². The summed E-state index contributed by atoms with van der Waals surface area (Å²) in [6.07, 6.45) is 21.1. The van der Waals surface area contributed by atoms with Gasteiger partial charge in [-0.2, -0.15) is 0 Å². The highest BCUT2D eigenvalue weighted by Crippen LogP contribution is 2.31. The number of benzene rings is 4. The van der Waals surface area contributed by atoms with E-state index in [2.05, 4.69) is 192 Å². The molecule has 0 bridgehead atoms. The van der Waals surface area contributed by atoms with Crippen LogP contribution >= 0.6 is 21.6 Å². The number of nitrogens with zero attached hydrogens (tertiary/aromatic N) is 3. The van der Waals surface area contributed by atoms with Gasteiger partial charge in [-0.3, -0.25) is 0 Å². The molecule has 2 N–H and O–H groups in total. The Labute approximate surface area is 322 Å². The van der Waals surface area contributed by atoms with Crippen molar-refractivity contribution in [2.75, 3.05) is 18.1 Å². The van der Waals surface area contributed by atoms with Crippen LogP contribution in [-0.4, -0.2) is 27.2 Å². The van der Waals surface area contributed by atoms with E-state index in [1.54, 1.807) is 0 Å². The largest absolute Gasteiger partial charge is 0.341 e. The average molecular weight is 735 g/mol. The summed E-state index contributed by atoms with van der Waals surface area (Å²) in [7, 11) is 3.92. The van der Waals surface area contributed by atoms with Gasteiger partial charge in [-0.25, -0.2) is 4.57 Å². The lowest BCUT2D eigenvalue weighted by atomic mass is 10.1. The van der Waals surface area contributed by atoms with Crippen molar-refractivity contribution in [2.24, 2.45) is 0 Å². The zero-order valence-corrected chi connectivity index (χ0v) is 32.8. The van der Waals surface area contributed by atoms with Gasteiger partial charge < -0.3 is 14.5 Å². The van der Waals surface area contributed by atoms with Crippen LogP contribution in [0.15, 0.2) is 139 Å². The van der Waals surface area contributed by atoms with Gasteiger partial charge in [0, 0.05) is 68.8 Å². The monoisotopic (exact) mass is 734 g/mol. The van der Waals surface area contributed by atoms with Crippen molar-refractivity contribution in [2.45, 2.75) is 46.8 Å². The number of aryl methyl sites for hydroxylation is 3. The predicted octanol–water partition coefficient (Wildman–Crippen LogP) is 10.9. The topological polar surface area (TPSA) is 30.3 Å². The van der Waals surface area contributed by atoms with Crippen molar-refractivity contribution in [1.82, 2.24) is 9.13 Å². The summed E-state index contributed by atoms with van der Waals surface area (Å²) in [4.78, 5) is 0. The lowest BCUT2D eigenvalue weighted by Crippen LogP contribution is -2.78. The maximum atomic E-state index is 2.40. The number of hydrogen-bond donors (Lipinski definition) is 1. The number of quaternary nitrogens is 1. The molecule has 0 saturated carbocycles. The molecule has 0 saturated heterocycles. The molecule has 0 unspecified atom stereocenters. The molecule has 53 heavy (non-hydrogen) atoms. The molecule has 0 spiro atoms.